The SMILES string of the molecule is COCCn1ccc2c(/C(=C(\F)C3=C(C)NCC(C)(C)c4nnc(C)n43)C(C)COC(F)F)cc(F)cc21. The first-order chi connectivity index (χ1) is 18.0. The molecule has 11 heteroatoms. The zero-order chi connectivity index (χ0) is 27.8. The molecule has 0 fully saturated rings. The summed E-state index contributed by atoms with van der Waals surface area (Å²) in [5.74, 6) is -1.11. The minimum Gasteiger partial charge on any atom is -0.386 e. The number of allylic oxidation sites excluding steroid dienone is 3. The summed E-state index contributed by atoms with van der Waals surface area (Å²) in [5, 5.41) is 12.4. The topological polar surface area (TPSA) is 66.1 Å². The van der Waals surface area contributed by atoms with Crippen LogP contribution in [0.3, 0.4) is 0 Å². The number of hydrogen-bond acceptors (Lipinski definition) is 5. The first kappa shape index (κ1) is 27.8. The van der Waals surface area contributed by atoms with E-state index in [0.717, 1.165) is 0 Å². The fourth-order valence-corrected chi connectivity index (χ4v) is 4.91. The van der Waals surface area contributed by atoms with Crippen LogP contribution in [0.2, 0.25) is 0 Å². The maximum atomic E-state index is 17.0. The second-order valence-corrected chi connectivity index (χ2v) is 10.2. The van der Waals surface area contributed by atoms with Gasteiger partial charge in [0.15, 0.2) is 5.83 Å². The Morgan fingerprint density at radius 3 is 2.63 bits per heavy atom. The molecular formula is C27H33F4N5O2. The predicted octanol–water partition coefficient (Wildman–Crippen LogP) is 5.65. The number of alkyl halides is 2. The van der Waals surface area contributed by atoms with Crippen molar-refractivity contribution < 1.29 is 27.0 Å². The Kier molecular flexibility index (Phi) is 7.98. The largest absolute Gasteiger partial charge is 0.386 e. The van der Waals surface area contributed by atoms with Gasteiger partial charge in [0.1, 0.15) is 23.2 Å². The van der Waals surface area contributed by atoms with Gasteiger partial charge in [-0.2, -0.15) is 8.78 Å². The Morgan fingerprint density at radius 2 is 1.95 bits per heavy atom. The van der Waals surface area contributed by atoms with Gasteiger partial charge in [0.2, 0.25) is 0 Å². The van der Waals surface area contributed by atoms with Gasteiger partial charge in [-0.1, -0.05) is 20.8 Å². The van der Waals surface area contributed by atoms with Crippen LogP contribution in [0.25, 0.3) is 22.2 Å². The molecule has 0 amide bonds. The molecule has 1 atom stereocenters. The molecular weight excluding hydrogens is 502 g/mol. The molecule has 1 aromatic carbocycles. The molecule has 3 heterocycles. The van der Waals surface area contributed by atoms with E-state index in [1.165, 1.54) is 12.1 Å². The Hall–Kier alpha value is -3.18. The molecule has 0 saturated heterocycles. The van der Waals surface area contributed by atoms with E-state index in [1.807, 2.05) is 18.4 Å². The molecule has 38 heavy (non-hydrogen) atoms. The molecule has 3 aromatic rings. The lowest BCUT2D eigenvalue weighted by Crippen LogP contribution is -2.32. The smallest absolute Gasteiger partial charge is 0.345 e. The van der Waals surface area contributed by atoms with Crippen LogP contribution >= 0.6 is 0 Å². The van der Waals surface area contributed by atoms with Crippen molar-refractivity contribution in [1.29, 1.82) is 0 Å². The van der Waals surface area contributed by atoms with Crippen LogP contribution in [0.4, 0.5) is 17.6 Å². The number of methoxy groups -OCH3 is 1. The van der Waals surface area contributed by atoms with Crippen LogP contribution < -0.4 is 5.32 Å². The third kappa shape index (κ3) is 5.22. The van der Waals surface area contributed by atoms with E-state index < -0.39 is 36.2 Å². The molecule has 1 aliphatic heterocycles. The average Bonchev–Trinajstić information content (AvgIpc) is 3.41. The molecule has 206 valence electrons. The quantitative estimate of drug-likeness (QED) is 0.359. The van der Waals surface area contributed by atoms with Crippen molar-refractivity contribution >= 4 is 22.2 Å². The van der Waals surface area contributed by atoms with Gasteiger partial charge in [-0.3, -0.25) is 4.57 Å². The van der Waals surface area contributed by atoms with E-state index in [1.54, 1.807) is 44.7 Å². The van der Waals surface area contributed by atoms with Crippen molar-refractivity contribution in [3.8, 4) is 0 Å². The molecule has 4 rings (SSSR count). The second-order valence-electron chi connectivity index (χ2n) is 10.2. The highest BCUT2D eigenvalue weighted by Gasteiger charge is 2.35. The summed E-state index contributed by atoms with van der Waals surface area (Å²) in [6, 6.07) is 4.37. The first-order valence-corrected chi connectivity index (χ1v) is 12.4. The number of halogens is 4. The van der Waals surface area contributed by atoms with Crippen molar-refractivity contribution in [2.45, 2.75) is 53.2 Å². The van der Waals surface area contributed by atoms with Crippen LogP contribution in [0, 0.1) is 18.7 Å². The summed E-state index contributed by atoms with van der Waals surface area (Å²) in [6.07, 6.45) is 1.77. The van der Waals surface area contributed by atoms with E-state index in [4.69, 9.17) is 4.74 Å². The highest BCUT2D eigenvalue weighted by molar-refractivity contribution is 5.96. The lowest BCUT2D eigenvalue weighted by Gasteiger charge is -2.23. The summed E-state index contributed by atoms with van der Waals surface area (Å²) in [4.78, 5) is 0. The van der Waals surface area contributed by atoms with Gasteiger partial charge in [-0.05, 0) is 37.6 Å². The zero-order valence-electron chi connectivity index (χ0n) is 22.4. The Morgan fingerprint density at radius 1 is 1.21 bits per heavy atom. The molecule has 1 N–H and O–H groups in total. The molecule has 0 aliphatic carbocycles. The van der Waals surface area contributed by atoms with Crippen LogP contribution in [-0.2, 0) is 21.4 Å². The molecule has 1 aliphatic rings. The first-order valence-electron chi connectivity index (χ1n) is 12.4. The lowest BCUT2D eigenvalue weighted by molar-refractivity contribution is -0.133. The normalized spacial score (nSPS) is 16.9. The van der Waals surface area contributed by atoms with Crippen LogP contribution in [0.15, 0.2) is 35.9 Å². The highest BCUT2D eigenvalue weighted by atomic mass is 19.3. The van der Waals surface area contributed by atoms with Crippen LogP contribution in [0.5, 0.6) is 0 Å². The fourth-order valence-electron chi connectivity index (χ4n) is 4.91. The average molecular weight is 536 g/mol. The summed E-state index contributed by atoms with van der Waals surface area (Å²) >= 11 is 0. The number of ether oxygens (including phenoxy) is 2. The summed E-state index contributed by atoms with van der Waals surface area (Å²) in [6.45, 7) is 6.81. The number of aromatic nitrogens is 4. The number of hydrogen-bond donors (Lipinski definition) is 1. The number of nitrogens with zero attached hydrogens (tertiary/aromatic N) is 4. The Balaban J connectivity index is 2.01. The molecule has 0 radical (unpaired) electrons. The maximum absolute atomic E-state index is 17.0. The van der Waals surface area contributed by atoms with Gasteiger partial charge in [0.05, 0.1) is 18.7 Å². The van der Waals surface area contributed by atoms with E-state index >= 15 is 8.78 Å². The number of benzene rings is 1. The van der Waals surface area contributed by atoms with Crippen molar-refractivity contribution in [3.63, 3.8) is 0 Å². The maximum Gasteiger partial charge on any atom is 0.345 e. The second kappa shape index (κ2) is 10.9. The van der Waals surface area contributed by atoms with E-state index in [9.17, 15) is 8.78 Å². The minimum absolute atomic E-state index is 0.0505. The van der Waals surface area contributed by atoms with Gasteiger partial charge in [0, 0.05) is 54.4 Å². The lowest BCUT2D eigenvalue weighted by atomic mass is 9.90. The molecule has 1 unspecified atom stereocenters. The van der Waals surface area contributed by atoms with Gasteiger partial charge >= 0.3 is 6.61 Å². The predicted molar refractivity (Wildman–Crippen MR) is 138 cm³/mol. The summed E-state index contributed by atoms with van der Waals surface area (Å²) < 4.78 is 71.3. The number of rotatable bonds is 9. The fraction of sp³-hybridized carbons (Fsp3) is 0.481. The summed E-state index contributed by atoms with van der Waals surface area (Å²) in [5.41, 5.74) is 1.03. The Bertz CT molecular complexity index is 1390. The third-order valence-corrected chi connectivity index (χ3v) is 6.89. The van der Waals surface area contributed by atoms with Gasteiger partial charge < -0.3 is 19.4 Å². The van der Waals surface area contributed by atoms with Crippen LogP contribution in [-0.4, -0.2) is 52.8 Å². The monoisotopic (exact) mass is 535 g/mol. The molecule has 0 spiro atoms. The molecule has 2 aromatic heterocycles. The van der Waals surface area contributed by atoms with Gasteiger partial charge in [0.25, 0.3) is 0 Å². The van der Waals surface area contributed by atoms with Crippen molar-refractivity contribution in [2.75, 3.05) is 26.9 Å². The van der Waals surface area contributed by atoms with E-state index in [2.05, 4.69) is 20.3 Å². The van der Waals surface area contributed by atoms with Crippen molar-refractivity contribution in [2.24, 2.45) is 5.92 Å². The standard InChI is InChI=1S/C27H33F4N5O2/c1-15(13-38-26(30)31)22(20-11-18(28)12-21-19(20)7-8-35(21)9-10-37-6)23(29)24-16(2)32-14-27(4,5)25-34-33-17(3)36(24)25/h7-8,11-12,15,26,32H,9-10,13-14H2,1-6H3/b23-22-. The number of aryl methyl sites for hydroxylation is 1. The molecule has 7 nitrogen and oxygen atoms in total. The van der Waals surface area contributed by atoms with Crippen molar-refractivity contribution in [1.82, 2.24) is 24.6 Å². The summed E-state index contributed by atoms with van der Waals surface area (Å²) in [7, 11) is 1.57. The zero-order valence-corrected chi connectivity index (χ0v) is 22.4. The van der Waals surface area contributed by atoms with E-state index in [0.29, 0.717) is 47.9 Å². The Labute approximate surface area is 219 Å². The number of fused-ring (bicyclic) bond motifs is 2. The van der Waals surface area contributed by atoms with Crippen molar-refractivity contribution in [3.05, 3.63) is 58.9 Å². The molecule has 0 bridgehead atoms. The number of nitrogens with one attached hydrogen (secondary N) is 1. The minimum atomic E-state index is -3.03. The molecule has 0 saturated carbocycles. The van der Waals surface area contributed by atoms with Crippen LogP contribution in [0.1, 0.15) is 44.9 Å². The third-order valence-electron chi connectivity index (χ3n) is 6.89. The van der Waals surface area contributed by atoms with Gasteiger partial charge in [-0.25, -0.2) is 8.78 Å². The van der Waals surface area contributed by atoms with Gasteiger partial charge in [-0.15, -0.1) is 10.2 Å². The highest BCUT2D eigenvalue weighted by Crippen LogP contribution is 2.41. The van der Waals surface area contributed by atoms with E-state index in [-0.39, 0.29) is 16.8 Å².